The first-order valence-corrected chi connectivity index (χ1v) is 6.62. The molecule has 2 rings (SSSR count). The molecular weight excluding hydrogens is 264 g/mol. The number of allylic oxidation sites excluding steroid dienone is 1. The van der Waals surface area contributed by atoms with Crippen molar-refractivity contribution in [3.05, 3.63) is 54.4 Å². The first kappa shape index (κ1) is 14.8. The van der Waals surface area contributed by atoms with E-state index >= 15 is 0 Å². The van der Waals surface area contributed by atoms with Crippen LogP contribution in [0.4, 0.5) is 5.69 Å². The molecule has 1 N–H and O–H groups in total. The minimum Gasteiger partial charge on any atom is -0.478 e. The molecule has 4 heteroatoms. The number of aromatic nitrogens is 1. The molecule has 0 bridgehead atoms. The van der Waals surface area contributed by atoms with E-state index in [9.17, 15) is 4.79 Å². The molecule has 1 heterocycles. The molecule has 0 aliphatic carbocycles. The Kier molecular flexibility index (Phi) is 4.38. The van der Waals surface area contributed by atoms with Gasteiger partial charge in [0.1, 0.15) is 0 Å². The van der Waals surface area contributed by atoms with Crippen LogP contribution in [-0.4, -0.2) is 30.2 Å². The van der Waals surface area contributed by atoms with Crippen molar-refractivity contribution < 1.29 is 9.90 Å². The Morgan fingerprint density at radius 1 is 1.24 bits per heavy atom. The van der Waals surface area contributed by atoms with Gasteiger partial charge in [0.25, 0.3) is 0 Å². The highest BCUT2D eigenvalue weighted by atomic mass is 16.4. The van der Waals surface area contributed by atoms with Crippen LogP contribution < -0.4 is 4.90 Å². The van der Waals surface area contributed by atoms with E-state index in [4.69, 9.17) is 5.11 Å². The molecular formula is C17H18N2O2. The molecule has 2 aromatic rings. The Labute approximate surface area is 124 Å². The minimum absolute atomic E-state index is 0.680. The molecule has 4 nitrogen and oxygen atoms in total. The van der Waals surface area contributed by atoms with Gasteiger partial charge in [0.05, 0.1) is 0 Å². The second kappa shape index (κ2) is 6.22. The van der Waals surface area contributed by atoms with Crippen LogP contribution in [0, 0.1) is 0 Å². The van der Waals surface area contributed by atoms with Gasteiger partial charge >= 0.3 is 5.97 Å². The Bertz CT molecular complexity index is 691. The largest absolute Gasteiger partial charge is 0.478 e. The summed E-state index contributed by atoms with van der Waals surface area (Å²) < 4.78 is 0. The summed E-state index contributed by atoms with van der Waals surface area (Å²) in [5, 5.41) is 8.84. The number of pyridine rings is 1. The van der Waals surface area contributed by atoms with Crippen molar-refractivity contribution in [2.24, 2.45) is 0 Å². The number of carbonyl (C=O) groups is 1. The Morgan fingerprint density at radius 3 is 2.62 bits per heavy atom. The molecule has 0 radical (unpaired) electrons. The zero-order valence-corrected chi connectivity index (χ0v) is 12.4. The first-order chi connectivity index (χ1) is 9.99. The number of benzene rings is 1. The van der Waals surface area contributed by atoms with E-state index in [0.29, 0.717) is 5.57 Å². The second-order valence-electron chi connectivity index (χ2n) is 5.04. The standard InChI is InChI=1S/C17H18N2O2/c1-12(8-17(20)21)13-9-14(11-18-10-13)15-6-4-5-7-16(15)19(2)3/h4-11H,1-3H3,(H,20,21)/b12-8+. The molecule has 0 aliphatic heterocycles. The van der Waals surface area contributed by atoms with Crippen LogP contribution in [0.5, 0.6) is 0 Å². The van der Waals surface area contributed by atoms with E-state index in [1.54, 1.807) is 19.3 Å². The number of anilines is 1. The maximum atomic E-state index is 10.8. The quantitative estimate of drug-likeness (QED) is 0.874. The number of nitrogens with zero attached hydrogens (tertiary/aromatic N) is 2. The van der Waals surface area contributed by atoms with Crippen LogP contribution in [0.1, 0.15) is 12.5 Å². The highest BCUT2D eigenvalue weighted by molar-refractivity contribution is 5.90. The summed E-state index contributed by atoms with van der Waals surface area (Å²) in [6.45, 7) is 1.77. The summed E-state index contributed by atoms with van der Waals surface area (Å²) in [5.74, 6) is -0.952. The molecule has 0 aliphatic rings. The lowest BCUT2D eigenvalue weighted by Gasteiger charge is -2.17. The topological polar surface area (TPSA) is 53.4 Å². The van der Waals surface area contributed by atoms with Crippen molar-refractivity contribution in [1.29, 1.82) is 0 Å². The number of carboxylic acids is 1. The molecule has 0 saturated carbocycles. The summed E-state index contributed by atoms with van der Waals surface area (Å²) in [5.41, 5.74) is 4.62. The first-order valence-electron chi connectivity index (χ1n) is 6.62. The fraction of sp³-hybridized carbons (Fsp3) is 0.176. The Balaban J connectivity index is 2.50. The summed E-state index contributed by atoms with van der Waals surface area (Å²) >= 11 is 0. The number of rotatable bonds is 4. The van der Waals surface area contributed by atoms with Crippen LogP contribution in [0.3, 0.4) is 0 Å². The van der Waals surface area contributed by atoms with Gasteiger partial charge in [-0.2, -0.15) is 0 Å². The predicted octanol–water partition coefficient (Wildman–Crippen LogP) is 3.30. The highest BCUT2D eigenvalue weighted by Crippen LogP contribution is 2.30. The lowest BCUT2D eigenvalue weighted by Crippen LogP contribution is -2.09. The summed E-state index contributed by atoms with van der Waals surface area (Å²) in [6.07, 6.45) is 4.66. The van der Waals surface area contributed by atoms with Crippen LogP contribution >= 0.6 is 0 Å². The third-order valence-corrected chi connectivity index (χ3v) is 3.23. The van der Waals surface area contributed by atoms with Crippen molar-refractivity contribution >= 4 is 17.2 Å². The molecule has 0 unspecified atom stereocenters. The molecule has 0 spiro atoms. The van der Waals surface area contributed by atoms with Crippen LogP contribution in [0.25, 0.3) is 16.7 Å². The van der Waals surface area contributed by atoms with E-state index in [2.05, 4.69) is 4.98 Å². The third kappa shape index (κ3) is 3.48. The van der Waals surface area contributed by atoms with Crippen molar-refractivity contribution in [3.63, 3.8) is 0 Å². The zero-order chi connectivity index (χ0) is 15.4. The van der Waals surface area contributed by atoms with Crippen molar-refractivity contribution in [2.75, 3.05) is 19.0 Å². The van der Waals surface area contributed by atoms with Gasteiger partial charge in [-0.3, -0.25) is 4.98 Å². The monoisotopic (exact) mass is 282 g/mol. The van der Waals surface area contributed by atoms with Gasteiger partial charge in [0.2, 0.25) is 0 Å². The molecule has 0 amide bonds. The van der Waals surface area contributed by atoms with Gasteiger partial charge in [-0.25, -0.2) is 4.79 Å². The third-order valence-electron chi connectivity index (χ3n) is 3.23. The van der Waals surface area contributed by atoms with E-state index in [1.165, 1.54) is 6.08 Å². The molecule has 0 saturated heterocycles. The van der Waals surface area contributed by atoms with E-state index in [0.717, 1.165) is 22.4 Å². The normalized spacial score (nSPS) is 11.3. The van der Waals surface area contributed by atoms with Crippen molar-refractivity contribution in [2.45, 2.75) is 6.92 Å². The average molecular weight is 282 g/mol. The fourth-order valence-electron chi connectivity index (χ4n) is 2.18. The number of aliphatic carboxylic acids is 1. The number of para-hydroxylation sites is 1. The van der Waals surface area contributed by atoms with E-state index in [-0.39, 0.29) is 0 Å². The minimum atomic E-state index is -0.952. The summed E-state index contributed by atoms with van der Waals surface area (Å²) in [4.78, 5) is 17.1. The number of carboxylic acid groups (broad SMARTS) is 1. The zero-order valence-electron chi connectivity index (χ0n) is 12.4. The van der Waals surface area contributed by atoms with Crippen LogP contribution in [0.15, 0.2) is 48.8 Å². The van der Waals surface area contributed by atoms with E-state index in [1.807, 2.05) is 49.3 Å². The summed E-state index contributed by atoms with van der Waals surface area (Å²) in [6, 6.07) is 10.0. The maximum absolute atomic E-state index is 10.8. The van der Waals surface area contributed by atoms with Gasteiger partial charge in [0.15, 0.2) is 0 Å². The van der Waals surface area contributed by atoms with Gasteiger partial charge in [-0.1, -0.05) is 18.2 Å². The fourth-order valence-corrected chi connectivity index (χ4v) is 2.18. The second-order valence-corrected chi connectivity index (χ2v) is 5.04. The smallest absolute Gasteiger partial charge is 0.328 e. The molecule has 108 valence electrons. The lowest BCUT2D eigenvalue weighted by molar-refractivity contribution is -0.131. The van der Waals surface area contributed by atoms with Crippen LogP contribution in [0.2, 0.25) is 0 Å². The lowest BCUT2D eigenvalue weighted by atomic mass is 10.0. The highest BCUT2D eigenvalue weighted by Gasteiger charge is 2.08. The van der Waals surface area contributed by atoms with E-state index < -0.39 is 5.97 Å². The SMILES string of the molecule is C/C(=C\C(=O)O)c1cncc(-c2ccccc2N(C)C)c1. The van der Waals surface area contributed by atoms with Gasteiger partial charge < -0.3 is 10.0 Å². The molecule has 1 aromatic heterocycles. The van der Waals surface area contributed by atoms with Gasteiger partial charge in [-0.15, -0.1) is 0 Å². The molecule has 0 atom stereocenters. The summed E-state index contributed by atoms with van der Waals surface area (Å²) in [7, 11) is 3.98. The molecule has 0 fully saturated rings. The van der Waals surface area contributed by atoms with Crippen molar-refractivity contribution in [3.8, 4) is 11.1 Å². The maximum Gasteiger partial charge on any atom is 0.328 e. The Hall–Kier alpha value is -2.62. The Morgan fingerprint density at radius 2 is 1.95 bits per heavy atom. The molecule has 1 aromatic carbocycles. The van der Waals surface area contributed by atoms with Crippen molar-refractivity contribution in [1.82, 2.24) is 4.98 Å². The number of hydrogen-bond donors (Lipinski definition) is 1. The molecule has 21 heavy (non-hydrogen) atoms. The van der Waals surface area contributed by atoms with Gasteiger partial charge in [-0.05, 0) is 30.2 Å². The van der Waals surface area contributed by atoms with Crippen LogP contribution in [-0.2, 0) is 4.79 Å². The average Bonchev–Trinajstić information content (AvgIpc) is 2.46. The van der Waals surface area contributed by atoms with Gasteiger partial charge in [0, 0.05) is 49.4 Å². The number of hydrogen-bond acceptors (Lipinski definition) is 3. The predicted molar refractivity (Wildman–Crippen MR) is 85.3 cm³/mol.